The number of hydrazone groups is 1. The van der Waals surface area contributed by atoms with Crippen molar-refractivity contribution in [3.8, 4) is 0 Å². The first-order chi connectivity index (χ1) is 9.36. The smallest absolute Gasteiger partial charge is 0.185 e. The number of Topliss-reactive ketones (excluding diaryl/α,β-unsaturated/α-hetero) is 1. The van der Waals surface area contributed by atoms with Crippen molar-refractivity contribution >= 4 is 17.2 Å². The number of nitrogens with one attached hydrogen (secondary N) is 1. The second-order valence-corrected chi connectivity index (χ2v) is 6.95. The highest BCUT2D eigenvalue weighted by Gasteiger charge is 2.65. The Morgan fingerprint density at radius 1 is 1.20 bits per heavy atom. The lowest BCUT2D eigenvalue weighted by molar-refractivity contribution is -0.123. The quantitative estimate of drug-likeness (QED) is 0.831. The Bertz CT molecular complexity index is 586. The summed E-state index contributed by atoms with van der Waals surface area (Å²) in [6.45, 7) is 8.57. The van der Waals surface area contributed by atoms with Gasteiger partial charge in [-0.05, 0) is 37.3 Å². The highest BCUT2D eigenvalue weighted by Crippen LogP contribution is 2.62. The molecule has 106 valence electrons. The third kappa shape index (κ3) is 1.65. The van der Waals surface area contributed by atoms with Crippen molar-refractivity contribution in [1.82, 2.24) is 0 Å². The SMILES string of the molecule is Cc1ccc(N/N=C2/C(=O)C3(C)CCC2C3(C)C)cc1. The molecule has 1 N–H and O–H groups in total. The number of benzene rings is 1. The van der Waals surface area contributed by atoms with Crippen molar-refractivity contribution < 1.29 is 4.79 Å². The number of hydrogen-bond donors (Lipinski definition) is 1. The number of ketones is 1. The minimum Gasteiger partial charge on any atom is -0.292 e. The first-order valence-electron chi connectivity index (χ1n) is 7.31. The van der Waals surface area contributed by atoms with E-state index in [9.17, 15) is 4.79 Å². The molecule has 0 spiro atoms. The minimum absolute atomic E-state index is 0.0257. The number of carbonyl (C=O) groups is 1. The average molecular weight is 270 g/mol. The second kappa shape index (κ2) is 4.18. The Hall–Kier alpha value is -1.64. The van der Waals surface area contributed by atoms with Gasteiger partial charge in [0.15, 0.2) is 5.78 Å². The molecular weight excluding hydrogens is 248 g/mol. The van der Waals surface area contributed by atoms with Crippen molar-refractivity contribution in [2.45, 2.75) is 40.5 Å². The normalized spacial score (nSPS) is 32.9. The molecule has 3 rings (SSSR count). The van der Waals surface area contributed by atoms with Gasteiger partial charge in [-0.2, -0.15) is 5.10 Å². The van der Waals surface area contributed by atoms with E-state index >= 15 is 0 Å². The van der Waals surface area contributed by atoms with Gasteiger partial charge >= 0.3 is 0 Å². The van der Waals surface area contributed by atoms with Gasteiger partial charge in [-0.25, -0.2) is 0 Å². The maximum Gasteiger partial charge on any atom is 0.185 e. The topological polar surface area (TPSA) is 41.5 Å². The summed E-state index contributed by atoms with van der Waals surface area (Å²) in [7, 11) is 0. The molecule has 20 heavy (non-hydrogen) atoms. The molecule has 1 aromatic carbocycles. The van der Waals surface area contributed by atoms with E-state index in [-0.39, 0.29) is 22.5 Å². The summed E-state index contributed by atoms with van der Waals surface area (Å²) in [5, 5.41) is 4.44. The van der Waals surface area contributed by atoms with Crippen LogP contribution in [0.3, 0.4) is 0 Å². The predicted molar refractivity (Wildman–Crippen MR) is 81.9 cm³/mol. The zero-order valence-corrected chi connectivity index (χ0v) is 12.7. The molecule has 2 aliphatic carbocycles. The Labute approximate surface area is 120 Å². The molecule has 0 radical (unpaired) electrons. The number of carbonyl (C=O) groups excluding carboxylic acids is 1. The first-order valence-corrected chi connectivity index (χ1v) is 7.31. The first kappa shape index (κ1) is 13.3. The van der Waals surface area contributed by atoms with E-state index in [4.69, 9.17) is 0 Å². The van der Waals surface area contributed by atoms with Crippen LogP contribution in [0.25, 0.3) is 0 Å². The van der Waals surface area contributed by atoms with E-state index in [1.807, 2.05) is 24.3 Å². The molecule has 3 heteroatoms. The molecule has 1 aromatic rings. The van der Waals surface area contributed by atoms with Crippen molar-refractivity contribution in [3.63, 3.8) is 0 Å². The lowest BCUT2D eigenvalue weighted by atomic mass is 9.70. The van der Waals surface area contributed by atoms with Crippen LogP contribution in [-0.2, 0) is 4.79 Å². The Balaban J connectivity index is 1.87. The number of nitrogens with zero attached hydrogens (tertiary/aromatic N) is 1. The van der Waals surface area contributed by atoms with Crippen LogP contribution in [0, 0.1) is 23.7 Å². The molecule has 2 aliphatic rings. The van der Waals surface area contributed by atoms with Crippen LogP contribution in [0.5, 0.6) is 0 Å². The molecule has 2 fully saturated rings. The van der Waals surface area contributed by atoms with Crippen LogP contribution < -0.4 is 5.43 Å². The summed E-state index contributed by atoms with van der Waals surface area (Å²) in [4.78, 5) is 12.6. The van der Waals surface area contributed by atoms with Gasteiger partial charge < -0.3 is 0 Å². The van der Waals surface area contributed by atoms with E-state index < -0.39 is 0 Å². The zero-order valence-electron chi connectivity index (χ0n) is 12.7. The van der Waals surface area contributed by atoms with E-state index in [1.54, 1.807) is 0 Å². The molecule has 3 nitrogen and oxygen atoms in total. The van der Waals surface area contributed by atoms with Crippen LogP contribution >= 0.6 is 0 Å². The van der Waals surface area contributed by atoms with E-state index in [0.29, 0.717) is 0 Å². The zero-order chi connectivity index (χ0) is 14.5. The monoisotopic (exact) mass is 270 g/mol. The highest BCUT2D eigenvalue weighted by molar-refractivity contribution is 6.45. The van der Waals surface area contributed by atoms with Crippen LogP contribution in [0.1, 0.15) is 39.2 Å². The van der Waals surface area contributed by atoms with E-state index in [1.165, 1.54) is 5.56 Å². The maximum absolute atomic E-state index is 12.6. The molecule has 0 heterocycles. The van der Waals surface area contributed by atoms with Crippen molar-refractivity contribution in [3.05, 3.63) is 29.8 Å². The summed E-state index contributed by atoms with van der Waals surface area (Å²) in [5.74, 6) is 0.524. The fraction of sp³-hybridized carbons (Fsp3) is 0.529. The molecular formula is C17H22N2O. The molecule has 2 unspecified atom stereocenters. The summed E-state index contributed by atoms with van der Waals surface area (Å²) in [6, 6.07) is 8.06. The maximum atomic E-state index is 12.6. The van der Waals surface area contributed by atoms with Gasteiger partial charge in [0.2, 0.25) is 0 Å². The fourth-order valence-electron chi connectivity index (χ4n) is 3.71. The molecule has 2 saturated carbocycles. The average Bonchev–Trinajstić information content (AvgIpc) is 2.71. The predicted octanol–water partition coefficient (Wildman–Crippen LogP) is 3.79. The molecule has 0 amide bonds. The summed E-state index contributed by atoms with van der Waals surface area (Å²) >= 11 is 0. The lowest BCUT2D eigenvalue weighted by Crippen LogP contribution is -2.33. The molecule has 2 bridgehead atoms. The number of rotatable bonds is 2. The van der Waals surface area contributed by atoms with Gasteiger partial charge in [-0.3, -0.25) is 10.2 Å². The molecule has 0 saturated heterocycles. The van der Waals surface area contributed by atoms with Gasteiger partial charge in [0.05, 0.1) is 5.69 Å². The van der Waals surface area contributed by atoms with Crippen molar-refractivity contribution in [2.24, 2.45) is 21.8 Å². The minimum atomic E-state index is -0.231. The van der Waals surface area contributed by atoms with Gasteiger partial charge in [-0.1, -0.05) is 38.5 Å². The number of anilines is 1. The summed E-state index contributed by atoms with van der Waals surface area (Å²) in [5.41, 5.74) is 5.73. The van der Waals surface area contributed by atoms with Crippen LogP contribution in [-0.4, -0.2) is 11.5 Å². The van der Waals surface area contributed by atoms with Crippen LogP contribution in [0.15, 0.2) is 29.4 Å². The third-order valence-corrected chi connectivity index (χ3v) is 5.65. The fourth-order valence-corrected chi connectivity index (χ4v) is 3.71. The largest absolute Gasteiger partial charge is 0.292 e. The third-order valence-electron chi connectivity index (χ3n) is 5.65. The van der Waals surface area contributed by atoms with Crippen molar-refractivity contribution in [2.75, 3.05) is 5.43 Å². The van der Waals surface area contributed by atoms with Gasteiger partial charge in [0.25, 0.3) is 0 Å². The Kier molecular flexibility index (Phi) is 2.79. The molecule has 2 atom stereocenters. The van der Waals surface area contributed by atoms with Gasteiger partial charge in [0, 0.05) is 11.3 Å². The number of aryl methyl sites for hydroxylation is 1. The lowest BCUT2D eigenvalue weighted by Gasteiger charge is -2.31. The molecule has 0 aliphatic heterocycles. The van der Waals surface area contributed by atoms with Crippen LogP contribution in [0.4, 0.5) is 5.69 Å². The van der Waals surface area contributed by atoms with E-state index in [2.05, 4.69) is 38.2 Å². The second-order valence-electron chi connectivity index (χ2n) is 6.95. The number of fused-ring (bicyclic) bond motifs is 2. The summed E-state index contributed by atoms with van der Waals surface area (Å²) in [6.07, 6.45) is 2.07. The van der Waals surface area contributed by atoms with Gasteiger partial charge in [-0.15, -0.1) is 0 Å². The van der Waals surface area contributed by atoms with Gasteiger partial charge in [0.1, 0.15) is 5.71 Å². The Morgan fingerprint density at radius 2 is 1.85 bits per heavy atom. The number of hydrogen-bond acceptors (Lipinski definition) is 3. The van der Waals surface area contributed by atoms with Crippen molar-refractivity contribution in [1.29, 1.82) is 0 Å². The highest BCUT2D eigenvalue weighted by atomic mass is 16.1. The summed E-state index contributed by atoms with van der Waals surface area (Å²) < 4.78 is 0. The van der Waals surface area contributed by atoms with E-state index in [0.717, 1.165) is 24.2 Å². The molecule has 0 aromatic heterocycles. The Morgan fingerprint density at radius 3 is 2.40 bits per heavy atom. The standard InChI is InChI=1S/C17H22N2O/c1-11-5-7-12(8-6-11)18-19-14-13-9-10-17(4,15(14)20)16(13,2)3/h5-8,13,18H,9-10H2,1-4H3/b19-14+. The van der Waals surface area contributed by atoms with Crippen LogP contribution in [0.2, 0.25) is 0 Å².